The zero-order chi connectivity index (χ0) is 18.5. The monoisotopic (exact) mass is 374 g/mol. The summed E-state index contributed by atoms with van der Waals surface area (Å²) in [6.45, 7) is 1.03. The van der Waals surface area contributed by atoms with E-state index in [4.69, 9.17) is 21.1 Å². The summed E-state index contributed by atoms with van der Waals surface area (Å²) in [4.78, 5) is 30.5. The highest BCUT2D eigenvalue weighted by Gasteiger charge is 2.28. The van der Waals surface area contributed by atoms with E-state index in [9.17, 15) is 9.59 Å². The maximum Gasteiger partial charge on any atom is 0.338 e. The van der Waals surface area contributed by atoms with Crippen LogP contribution in [-0.2, 0) is 4.74 Å². The van der Waals surface area contributed by atoms with Crippen molar-refractivity contribution in [3.63, 3.8) is 0 Å². The number of pyridine rings is 1. The van der Waals surface area contributed by atoms with Gasteiger partial charge in [0.25, 0.3) is 5.91 Å². The number of esters is 1. The fraction of sp³-hybridized carbons (Fsp3) is 0.316. The molecule has 0 aliphatic carbocycles. The topological polar surface area (TPSA) is 68.7 Å². The Hall–Kier alpha value is -2.60. The highest BCUT2D eigenvalue weighted by atomic mass is 35.5. The van der Waals surface area contributed by atoms with Gasteiger partial charge in [-0.2, -0.15) is 0 Å². The van der Waals surface area contributed by atoms with Crippen molar-refractivity contribution in [3.05, 3.63) is 58.9 Å². The molecule has 1 amide bonds. The molecule has 136 valence electrons. The van der Waals surface area contributed by atoms with Gasteiger partial charge in [0.2, 0.25) is 0 Å². The molecule has 7 heteroatoms. The van der Waals surface area contributed by atoms with E-state index in [1.54, 1.807) is 41.4 Å². The molecule has 0 N–H and O–H groups in total. The maximum atomic E-state index is 12.9. The van der Waals surface area contributed by atoms with Gasteiger partial charge in [0.15, 0.2) is 0 Å². The number of hydrogen-bond donors (Lipinski definition) is 0. The summed E-state index contributed by atoms with van der Waals surface area (Å²) in [7, 11) is 1.30. The molecule has 2 aromatic rings. The predicted molar refractivity (Wildman–Crippen MR) is 96.6 cm³/mol. The third kappa shape index (κ3) is 3.96. The minimum absolute atomic E-state index is 0.169. The summed E-state index contributed by atoms with van der Waals surface area (Å²) in [5.41, 5.74) is 0.599. The zero-order valence-corrected chi connectivity index (χ0v) is 15.1. The van der Waals surface area contributed by atoms with Crippen LogP contribution in [0.15, 0.2) is 42.7 Å². The lowest BCUT2D eigenvalue weighted by Crippen LogP contribution is -2.44. The first-order valence-corrected chi connectivity index (χ1v) is 8.70. The van der Waals surface area contributed by atoms with Gasteiger partial charge >= 0.3 is 5.97 Å². The Bertz CT molecular complexity index is 812. The number of hydrogen-bond acceptors (Lipinski definition) is 5. The molecule has 1 aliphatic rings. The summed E-state index contributed by atoms with van der Waals surface area (Å²) in [6, 6.07) is 8.37. The Morgan fingerprint density at radius 2 is 2.00 bits per heavy atom. The average Bonchev–Trinajstić information content (AvgIpc) is 2.69. The van der Waals surface area contributed by atoms with Crippen LogP contribution in [0.2, 0.25) is 5.02 Å². The molecule has 2 heterocycles. The van der Waals surface area contributed by atoms with Crippen LogP contribution in [0.1, 0.15) is 33.6 Å². The van der Waals surface area contributed by atoms with E-state index in [2.05, 4.69) is 4.98 Å². The number of amides is 1. The highest BCUT2D eigenvalue weighted by molar-refractivity contribution is 6.31. The number of carbonyl (C=O) groups excluding carboxylic acids is 2. The Morgan fingerprint density at radius 3 is 2.73 bits per heavy atom. The summed E-state index contributed by atoms with van der Waals surface area (Å²) >= 11 is 6.09. The Balaban J connectivity index is 1.75. The van der Waals surface area contributed by atoms with Crippen LogP contribution in [-0.4, -0.2) is 48.1 Å². The number of benzene rings is 1. The standard InChI is InChI=1S/C19H19ClN2O4/c1-25-19(24)15-7-3-2-6-14(15)18(23)22-10-4-5-13(12-22)26-17-8-9-21-11-16(17)20/h2-3,6-9,11,13H,4-5,10,12H2,1H3. The van der Waals surface area contributed by atoms with E-state index in [0.717, 1.165) is 12.8 Å². The van der Waals surface area contributed by atoms with Gasteiger partial charge in [-0.25, -0.2) is 4.79 Å². The minimum atomic E-state index is -0.526. The van der Waals surface area contributed by atoms with Crippen molar-refractivity contribution in [1.29, 1.82) is 0 Å². The molecule has 1 aliphatic heterocycles. The molecule has 1 fully saturated rings. The molecule has 1 saturated heterocycles. The van der Waals surface area contributed by atoms with Crippen molar-refractivity contribution in [2.75, 3.05) is 20.2 Å². The number of rotatable bonds is 4. The number of ether oxygens (including phenoxy) is 2. The van der Waals surface area contributed by atoms with Crippen LogP contribution in [0, 0.1) is 0 Å². The molecule has 0 spiro atoms. The molecule has 0 bridgehead atoms. The van der Waals surface area contributed by atoms with E-state index < -0.39 is 5.97 Å². The van der Waals surface area contributed by atoms with Crippen LogP contribution >= 0.6 is 11.6 Å². The molecular weight excluding hydrogens is 356 g/mol. The van der Waals surface area contributed by atoms with Crippen LogP contribution in [0.25, 0.3) is 0 Å². The minimum Gasteiger partial charge on any atom is -0.487 e. The van der Waals surface area contributed by atoms with Crippen LogP contribution < -0.4 is 4.74 Å². The second kappa shape index (κ2) is 8.19. The summed E-state index contributed by atoms with van der Waals surface area (Å²) in [5, 5.41) is 0.437. The van der Waals surface area contributed by atoms with E-state index >= 15 is 0 Å². The van der Waals surface area contributed by atoms with Gasteiger partial charge < -0.3 is 14.4 Å². The third-order valence-electron chi connectivity index (χ3n) is 4.26. The van der Waals surface area contributed by atoms with E-state index in [1.807, 2.05) is 0 Å². The molecule has 6 nitrogen and oxygen atoms in total. The largest absolute Gasteiger partial charge is 0.487 e. The molecule has 1 atom stereocenters. The number of piperidine rings is 1. The van der Waals surface area contributed by atoms with Crippen LogP contribution in [0.3, 0.4) is 0 Å². The molecule has 0 radical (unpaired) electrons. The number of nitrogens with zero attached hydrogens (tertiary/aromatic N) is 2. The lowest BCUT2D eigenvalue weighted by molar-refractivity contribution is 0.0520. The van der Waals surface area contributed by atoms with Gasteiger partial charge in [-0.1, -0.05) is 23.7 Å². The second-order valence-electron chi connectivity index (χ2n) is 5.98. The normalized spacial score (nSPS) is 16.8. The maximum absolute atomic E-state index is 12.9. The fourth-order valence-electron chi connectivity index (χ4n) is 2.98. The van der Waals surface area contributed by atoms with E-state index in [-0.39, 0.29) is 17.6 Å². The van der Waals surface area contributed by atoms with Gasteiger partial charge in [-0.05, 0) is 25.0 Å². The van der Waals surface area contributed by atoms with Gasteiger partial charge in [0, 0.05) is 25.0 Å². The number of methoxy groups -OCH3 is 1. The number of halogens is 1. The number of carbonyl (C=O) groups is 2. The van der Waals surface area contributed by atoms with Crippen molar-refractivity contribution in [1.82, 2.24) is 9.88 Å². The molecule has 26 heavy (non-hydrogen) atoms. The van der Waals surface area contributed by atoms with E-state index in [0.29, 0.717) is 29.4 Å². The molecule has 0 saturated carbocycles. The third-order valence-corrected chi connectivity index (χ3v) is 4.54. The second-order valence-corrected chi connectivity index (χ2v) is 6.38. The summed E-state index contributed by atoms with van der Waals surface area (Å²) in [5.74, 6) is -0.182. The van der Waals surface area contributed by atoms with Gasteiger partial charge in [0.1, 0.15) is 16.9 Å². The first kappa shape index (κ1) is 18.2. The number of likely N-dealkylation sites (tertiary alicyclic amines) is 1. The lowest BCUT2D eigenvalue weighted by atomic mass is 10.0. The predicted octanol–water partition coefficient (Wildman–Crippen LogP) is 3.21. The van der Waals surface area contributed by atoms with Crippen LogP contribution in [0.5, 0.6) is 5.75 Å². The fourth-order valence-corrected chi connectivity index (χ4v) is 3.15. The van der Waals surface area contributed by atoms with Gasteiger partial charge in [0.05, 0.1) is 24.8 Å². The van der Waals surface area contributed by atoms with Crippen LogP contribution in [0.4, 0.5) is 0 Å². The van der Waals surface area contributed by atoms with Gasteiger partial charge in [-0.3, -0.25) is 9.78 Å². The molecular formula is C19H19ClN2O4. The highest BCUT2D eigenvalue weighted by Crippen LogP contribution is 2.26. The first-order valence-electron chi connectivity index (χ1n) is 8.33. The summed E-state index contributed by atoms with van der Waals surface area (Å²) < 4.78 is 10.7. The molecule has 3 rings (SSSR count). The molecule has 1 aromatic carbocycles. The smallest absolute Gasteiger partial charge is 0.338 e. The Labute approximate surface area is 156 Å². The first-order chi connectivity index (χ1) is 12.6. The van der Waals surface area contributed by atoms with E-state index in [1.165, 1.54) is 13.3 Å². The van der Waals surface area contributed by atoms with Crippen molar-refractivity contribution < 1.29 is 19.1 Å². The summed E-state index contributed by atoms with van der Waals surface area (Å²) in [6.07, 6.45) is 4.59. The lowest BCUT2D eigenvalue weighted by Gasteiger charge is -2.33. The average molecular weight is 375 g/mol. The van der Waals surface area contributed by atoms with Crippen molar-refractivity contribution in [2.45, 2.75) is 18.9 Å². The van der Waals surface area contributed by atoms with Crippen molar-refractivity contribution >= 4 is 23.5 Å². The Kier molecular flexibility index (Phi) is 5.73. The van der Waals surface area contributed by atoms with Crippen molar-refractivity contribution in [2.24, 2.45) is 0 Å². The van der Waals surface area contributed by atoms with Crippen molar-refractivity contribution in [3.8, 4) is 5.75 Å². The van der Waals surface area contributed by atoms with Gasteiger partial charge in [-0.15, -0.1) is 0 Å². The quantitative estimate of drug-likeness (QED) is 0.769. The molecule has 1 aromatic heterocycles. The Morgan fingerprint density at radius 1 is 1.23 bits per heavy atom. The number of aromatic nitrogens is 1. The zero-order valence-electron chi connectivity index (χ0n) is 14.4. The molecule has 1 unspecified atom stereocenters. The SMILES string of the molecule is COC(=O)c1ccccc1C(=O)N1CCCC(Oc2ccncc2Cl)C1.